The Balaban J connectivity index is 2.32. The van der Waals surface area contributed by atoms with E-state index in [1.165, 1.54) is 12.3 Å². The molecule has 1 aromatic heterocycles. The Morgan fingerprint density at radius 3 is 2.04 bits per heavy atom. The highest BCUT2D eigenvalue weighted by Crippen LogP contribution is 2.59. The lowest BCUT2D eigenvalue weighted by Crippen LogP contribution is -2.20. The number of benzene rings is 1. The molecule has 0 saturated heterocycles. The van der Waals surface area contributed by atoms with Crippen LogP contribution in [0.4, 0.5) is 5.82 Å². The minimum absolute atomic E-state index is 0.0876. The van der Waals surface area contributed by atoms with E-state index in [2.05, 4.69) is 10.3 Å². The van der Waals surface area contributed by atoms with Crippen LogP contribution in [0.15, 0.2) is 42.6 Å². The predicted octanol–water partition coefficient (Wildman–Crippen LogP) is 1.29. The molecule has 130 valence electrons. The number of hydrogen-bond acceptors (Lipinski definition) is 5. The molecule has 1 heterocycles. The fourth-order valence-corrected chi connectivity index (χ4v) is 4.16. The molecule has 0 fully saturated rings. The number of rotatable bonds is 6. The lowest BCUT2D eigenvalue weighted by molar-refractivity contribution is 0.282. The molecule has 2 rings (SSSR count). The summed E-state index contributed by atoms with van der Waals surface area (Å²) >= 11 is 0. The quantitative estimate of drug-likeness (QED) is 0.409. The molecule has 0 spiro atoms. The molecule has 11 heteroatoms. The summed E-state index contributed by atoms with van der Waals surface area (Å²) in [5, 5.41) is 11.1. The molecular weight excluding hydrogens is 358 g/mol. The Morgan fingerprint density at radius 1 is 0.958 bits per heavy atom. The fourth-order valence-electron chi connectivity index (χ4n) is 1.99. The standard InChI is InChI=1S/C13H16N2O7P2/c16-8-9-1-3-10(4-2-9)11-5-6-14-12(7-11)15-13(23(17,18)19)24(20,21)22/h1-7,13,16H,8H2,(H,14,15)(H2,17,18,19)(H2,20,21,22). The van der Waals surface area contributed by atoms with Gasteiger partial charge in [-0.15, -0.1) is 0 Å². The van der Waals surface area contributed by atoms with Crippen molar-refractivity contribution in [2.24, 2.45) is 0 Å². The Kier molecular flexibility index (Phi) is 5.57. The van der Waals surface area contributed by atoms with E-state index in [0.717, 1.165) is 5.56 Å². The molecule has 0 aliphatic heterocycles. The van der Waals surface area contributed by atoms with E-state index in [0.29, 0.717) is 11.1 Å². The van der Waals surface area contributed by atoms with Crippen molar-refractivity contribution in [2.45, 2.75) is 12.1 Å². The average molecular weight is 374 g/mol. The van der Waals surface area contributed by atoms with Crippen molar-refractivity contribution in [1.82, 2.24) is 4.98 Å². The summed E-state index contributed by atoms with van der Waals surface area (Å²) in [5.41, 5.74) is -0.299. The summed E-state index contributed by atoms with van der Waals surface area (Å²) in [6.07, 6.45) is 1.34. The highest BCUT2D eigenvalue weighted by Gasteiger charge is 2.43. The third kappa shape index (κ3) is 4.72. The zero-order valence-electron chi connectivity index (χ0n) is 12.2. The van der Waals surface area contributed by atoms with Crippen LogP contribution in [0.1, 0.15) is 5.56 Å². The third-order valence-electron chi connectivity index (χ3n) is 3.14. The zero-order chi connectivity index (χ0) is 18.0. The van der Waals surface area contributed by atoms with Crippen LogP contribution in [0, 0.1) is 0 Å². The molecule has 0 radical (unpaired) electrons. The minimum Gasteiger partial charge on any atom is -0.392 e. The molecule has 0 saturated carbocycles. The molecule has 0 unspecified atom stereocenters. The van der Waals surface area contributed by atoms with Crippen molar-refractivity contribution in [2.75, 3.05) is 5.32 Å². The second-order valence-corrected chi connectivity index (χ2v) is 8.78. The van der Waals surface area contributed by atoms with E-state index in [9.17, 15) is 9.13 Å². The van der Waals surface area contributed by atoms with Crippen molar-refractivity contribution in [3.05, 3.63) is 48.2 Å². The lowest BCUT2D eigenvalue weighted by atomic mass is 10.1. The van der Waals surface area contributed by atoms with Gasteiger partial charge >= 0.3 is 15.2 Å². The van der Waals surface area contributed by atoms with E-state index in [4.69, 9.17) is 24.7 Å². The average Bonchev–Trinajstić information content (AvgIpc) is 2.51. The summed E-state index contributed by atoms with van der Waals surface area (Å²) in [6, 6.07) is 9.91. The van der Waals surface area contributed by atoms with Gasteiger partial charge in [-0.05, 0) is 28.8 Å². The highest BCUT2D eigenvalue weighted by molar-refractivity contribution is 7.71. The summed E-state index contributed by atoms with van der Waals surface area (Å²) in [7, 11) is -10.2. The number of hydrogen-bond donors (Lipinski definition) is 6. The normalized spacial score (nSPS) is 12.4. The molecule has 1 aromatic carbocycles. The largest absolute Gasteiger partial charge is 0.392 e. The monoisotopic (exact) mass is 374 g/mol. The number of aliphatic hydroxyl groups is 1. The maximum absolute atomic E-state index is 11.3. The van der Waals surface area contributed by atoms with Crippen molar-refractivity contribution in [3.63, 3.8) is 0 Å². The van der Waals surface area contributed by atoms with Crippen LogP contribution in [-0.4, -0.2) is 35.2 Å². The van der Waals surface area contributed by atoms with Crippen LogP contribution >= 0.6 is 15.2 Å². The number of anilines is 1. The molecule has 0 aliphatic rings. The molecule has 0 aliphatic carbocycles. The van der Waals surface area contributed by atoms with E-state index in [1.807, 2.05) is 0 Å². The molecule has 24 heavy (non-hydrogen) atoms. The van der Waals surface area contributed by atoms with Crippen molar-refractivity contribution in [3.8, 4) is 11.1 Å². The van der Waals surface area contributed by atoms with Gasteiger partial charge in [0.05, 0.1) is 6.61 Å². The first-order valence-electron chi connectivity index (χ1n) is 6.64. The Morgan fingerprint density at radius 2 is 1.54 bits per heavy atom. The van der Waals surface area contributed by atoms with Gasteiger partial charge in [0.25, 0.3) is 0 Å². The molecule has 2 aromatic rings. The van der Waals surface area contributed by atoms with E-state index in [1.54, 1.807) is 30.3 Å². The topological polar surface area (TPSA) is 160 Å². The van der Waals surface area contributed by atoms with Gasteiger partial charge in [-0.3, -0.25) is 9.13 Å². The Hall–Kier alpha value is -1.57. The van der Waals surface area contributed by atoms with Crippen LogP contribution in [-0.2, 0) is 15.7 Å². The van der Waals surface area contributed by atoms with Crippen LogP contribution < -0.4 is 5.32 Å². The molecule has 6 N–H and O–H groups in total. The van der Waals surface area contributed by atoms with Crippen LogP contribution in [0.25, 0.3) is 11.1 Å². The summed E-state index contributed by atoms with van der Waals surface area (Å²) < 4.78 is 22.6. The summed E-state index contributed by atoms with van der Waals surface area (Å²) in [5.74, 6) is -0.0876. The SMILES string of the molecule is O=P(O)(O)C(Nc1cc(-c2ccc(CO)cc2)ccn1)P(=O)(O)O. The van der Waals surface area contributed by atoms with Crippen molar-refractivity contribution >= 4 is 21.0 Å². The predicted molar refractivity (Wildman–Crippen MR) is 87.1 cm³/mol. The Labute approximate surface area is 137 Å². The first kappa shape index (κ1) is 18.8. The second kappa shape index (κ2) is 7.13. The van der Waals surface area contributed by atoms with Gasteiger partial charge in [0.15, 0.2) is 0 Å². The molecule has 0 atom stereocenters. The van der Waals surface area contributed by atoms with Crippen LogP contribution in [0.3, 0.4) is 0 Å². The van der Waals surface area contributed by atoms with Gasteiger partial charge in [-0.2, -0.15) is 0 Å². The summed E-state index contributed by atoms with van der Waals surface area (Å²) in [4.78, 5) is 40.3. The van der Waals surface area contributed by atoms with Crippen LogP contribution in [0.2, 0.25) is 0 Å². The van der Waals surface area contributed by atoms with Gasteiger partial charge in [0, 0.05) is 6.20 Å². The van der Waals surface area contributed by atoms with Gasteiger partial charge in [0.1, 0.15) is 5.82 Å². The number of aromatic nitrogens is 1. The fraction of sp³-hybridized carbons (Fsp3) is 0.154. The molecule has 0 bridgehead atoms. The van der Waals surface area contributed by atoms with E-state index < -0.39 is 20.7 Å². The second-order valence-electron chi connectivity index (χ2n) is 4.98. The number of pyridine rings is 1. The first-order valence-corrected chi connectivity index (χ1v) is 10.0. The number of nitrogens with zero attached hydrogens (tertiary/aromatic N) is 1. The molecular formula is C13H16N2O7P2. The lowest BCUT2D eigenvalue weighted by Gasteiger charge is -2.21. The number of nitrogens with one attached hydrogen (secondary N) is 1. The van der Waals surface area contributed by atoms with Crippen molar-refractivity contribution in [1.29, 1.82) is 0 Å². The maximum Gasteiger partial charge on any atom is 0.360 e. The van der Waals surface area contributed by atoms with E-state index >= 15 is 0 Å². The smallest absolute Gasteiger partial charge is 0.360 e. The van der Waals surface area contributed by atoms with Gasteiger partial charge in [-0.1, -0.05) is 24.3 Å². The van der Waals surface area contributed by atoms with Gasteiger partial charge in [0.2, 0.25) is 5.52 Å². The first-order chi connectivity index (χ1) is 11.1. The maximum atomic E-state index is 11.3. The molecule has 0 amide bonds. The highest BCUT2D eigenvalue weighted by atomic mass is 31.2. The minimum atomic E-state index is -5.10. The molecule has 9 nitrogen and oxygen atoms in total. The van der Waals surface area contributed by atoms with Crippen LogP contribution in [0.5, 0.6) is 0 Å². The third-order valence-corrected chi connectivity index (χ3v) is 6.48. The van der Waals surface area contributed by atoms with Gasteiger partial charge in [-0.25, -0.2) is 4.98 Å². The van der Waals surface area contributed by atoms with Crippen molar-refractivity contribution < 1.29 is 33.8 Å². The Bertz CT molecular complexity index is 778. The van der Waals surface area contributed by atoms with Gasteiger partial charge < -0.3 is 30.0 Å². The number of aliphatic hydroxyl groups excluding tert-OH is 1. The van der Waals surface area contributed by atoms with E-state index in [-0.39, 0.29) is 12.4 Å². The zero-order valence-corrected chi connectivity index (χ0v) is 14.0. The summed E-state index contributed by atoms with van der Waals surface area (Å²) in [6.45, 7) is -0.102.